The third-order valence-electron chi connectivity index (χ3n) is 4.04. The zero-order valence-corrected chi connectivity index (χ0v) is 15.5. The zero-order chi connectivity index (χ0) is 19.4. The number of hydrogen-bond donors (Lipinski definition) is 2. The number of rotatable bonds is 7. The molecule has 1 unspecified atom stereocenters. The molecule has 0 saturated carbocycles. The highest BCUT2D eigenvalue weighted by molar-refractivity contribution is 6.00. The Morgan fingerprint density at radius 3 is 2.81 bits per heavy atom. The maximum atomic E-state index is 12.5. The predicted octanol–water partition coefficient (Wildman–Crippen LogP) is 2.59. The van der Waals surface area contributed by atoms with E-state index in [1.807, 2.05) is 26.0 Å². The minimum atomic E-state index is -0.846. The van der Waals surface area contributed by atoms with Crippen molar-refractivity contribution in [3.05, 3.63) is 59.9 Å². The van der Waals surface area contributed by atoms with E-state index in [1.165, 1.54) is 6.20 Å². The van der Waals surface area contributed by atoms with Gasteiger partial charge < -0.3 is 19.9 Å². The van der Waals surface area contributed by atoms with Crippen LogP contribution in [0.15, 0.2) is 48.8 Å². The second kappa shape index (κ2) is 8.09. The lowest BCUT2D eigenvalue weighted by Crippen LogP contribution is -2.28. The third kappa shape index (κ3) is 4.38. The first-order chi connectivity index (χ1) is 13.0. The van der Waals surface area contributed by atoms with Crippen LogP contribution >= 0.6 is 0 Å². The van der Waals surface area contributed by atoms with E-state index in [1.54, 1.807) is 42.1 Å². The number of carbonyl (C=O) groups is 1. The molecule has 0 fully saturated rings. The lowest BCUT2D eigenvalue weighted by atomic mass is 10.1. The summed E-state index contributed by atoms with van der Waals surface area (Å²) in [7, 11) is 1.56. The highest BCUT2D eigenvalue weighted by Gasteiger charge is 2.16. The van der Waals surface area contributed by atoms with Gasteiger partial charge in [0.2, 0.25) is 0 Å². The molecule has 1 amide bonds. The van der Waals surface area contributed by atoms with Crippen molar-refractivity contribution in [2.75, 3.05) is 13.7 Å². The van der Waals surface area contributed by atoms with Crippen molar-refractivity contribution >= 4 is 11.4 Å². The van der Waals surface area contributed by atoms with Crippen LogP contribution in [-0.4, -0.2) is 40.4 Å². The number of aromatic nitrogens is 2. The summed E-state index contributed by atoms with van der Waals surface area (Å²) in [6.07, 6.45) is 2.42. The molecular weight excluding hydrogens is 346 g/mol. The van der Waals surface area contributed by atoms with Crippen molar-refractivity contribution < 1.29 is 19.4 Å². The minimum absolute atomic E-state index is 0.0460. The molecule has 27 heavy (non-hydrogen) atoms. The number of aliphatic hydroxyl groups is 1. The van der Waals surface area contributed by atoms with Gasteiger partial charge in [0.05, 0.1) is 36.6 Å². The van der Waals surface area contributed by atoms with Gasteiger partial charge in [0.1, 0.15) is 11.5 Å². The molecule has 7 heteroatoms. The summed E-state index contributed by atoms with van der Waals surface area (Å²) < 4.78 is 12.4. The molecule has 3 rings (SSSR count). The lowest BCUT2D eigenvalue weighted by Gasteiger charge is -2.15. The van der Waals surface area contributed by atoms with Gasteiger partial charge in [-0.05, 0) is 37.6 Å². The monoisotopic (exact) mass is 369 g/mol. The molecule has 0 aliphatic heterocycles. The average Bonchev–Trinajstić information content (AvgIpc) is 3.08. The van der Waals surface area contributed by atoms with Crippen LogP contribution in [0.3, 0.4) is 0 Å². The maximum absolute atomic E-state index is 12.5. The Morgan fingerprint density at radius 1 is 1.26 bits per heavy atom. The van der Waals surface area contributed by atoms with Gasteiger partial charge >= 0.3 is 0 Å². The summed E-state index contributed by atoms with van der Waals surface area (Å²) in [6, 6.07) is 10.7. The first-order valence-electron chi connectivity index (χ1n) is 8.72. The Morgan fingerprint density at radius 2 is 2.07 bits per heavy atom. The van der Waals surface area contributed by atoms with Crippen LogP contribution in [0.2, 0.25) is 0 Å². The van der Waals surface area contributed by atoms with Crippen LogP contribution in [0.5, 0.6) is 11.5 Å². The molecule has 3 aromatic rings. The van der Waals surface area contributed by atoms with Crippen LogP contribution in [0, 0.1) is 0 Å². The van der Waals surface area contributed by atoms with E-state index in [0.29, 0.717) is 28.1 Å². The number of ether oxygens (including phenoxy) is 2. The van der Waals surface area contributed by atoms with E-state index in [0.717, 1.165) is 0 Å². The Bertz CT molecular complexity index is 936. The number of fused-ring (bicyclic) bond motifs is 1. The number of methoxy groups -OCH3 is 1. The van der Waals surface area contributed by atoms with E-state index in [2.05, 4.69) is 10.4 Å². The number of carbonyl (C=O) groups excluding carboxylic acids is 1. The van der Waals surface area contributed by atoms with Crippen molar-refractivity contribution in [3.8, 4) is 11.5 Å². The molecule has 0 aliphatic rings. The number of amides is 1. The number of benzene rings is 1. The van der Waals surface area contributed by atoms with Gasteiger partial charge in [-0.3, -0.25) is 4.79 Å². The largest absolute Gasteiger partial charge is 0.497 e. The maximum Gasteiger partial charge on any atom is 0.255 e. The number of nitrogens with one attached hydrogen (secondary N) is 1. The standard InChI is InChI=1S/C20H23N3O4/c1-13(2)27-16-6-4-5-14(9-16)19(24)12-21-20(25)17-11-22-23-8-7-15(26-3)10-18(17)23/h4-11,13,19,24H,12H2,1-3H3,(H,21,25). The molecule has 7 nitrogen and oxygen atoms in total. The molecule has 0 saturated heterocycles. The molecule has 0 radical (unpaired) electrons. The SMILES string of the molecule is COc1ccn2ncc(C(=O)NCC(O)c3cccc(OC(C)C)c3)c2c1. The average molecular weight is 369 g/mol. The van der Waals surface area contributed by atoms with E-state index in [4.69, 9.17) is 9.47 Å². The summed E-state index contributed by atoms with van der Waals surface area (Å²) in [4.78, 5) is 12.5. The molecule has 2 N–H and O–H groups in total. The first-order valence-corrected chi connectivity index (χ1v) is 8.72. The Kier molecular flexibility index (Phi) is 5.61. The van der Waals surface area contributed by atoms with Crippen molar-refractivity contribution in [2.45, 2.75) is 26.1 Å². The normalized spacial score (nSPS) is 12.2. The first kappa shape index (κ1) is 18.7. The van der Waals surface area contributed by atoms with Crippen LogP contribution in [0.1, 0.15) is 35.9 Å². The van der Waals surface area contributed by atoms with Gasteiger partial charge in [-0.1, -0.05) is 12.1 Å². The summed E-state index contributed by atoms with van der Waals surface area (Å²) in [6.45, 7) is 3.95. The van der Waals surface area contributed by atoms with Crippen LogP contribution in [0.4, 0.5) is 0 Å². The number of hydrogen-bond acceptors (Lipinski definition) is 5. The van der Waals surface area contributed by atoms with Gasteiger partial charge in [-0.2, -0.15) is 5.10 Å². The molecule has 0 spiro atoms. The van der Waals surface area contributed by atoms with E-state index < -0.39 is 6.10 Å². The van der Waals surface area contributed by atoms with Crippen molar-refractivity contribution in [2.24, 2.45) is 0 Å². The summed E-state index contributed by atoms with van der Waals surface area (Å²) in [5.74, 6) is 1.01. The molecule has 0 bridgehead atoms. The number of pyridine rings is 1. The second-order valence-electron chi connectivity index (χ2n) is 6.42. The van der Waals surface area contributed by atoms with Crippen molar-refractivity contribution in [1.29, 1.82) is 0 Å². The number of nitrogens with zero attached hydrogens (tertiary/aromatic N) is 2. The third-order valence-corrected chi connectivity index (χ3v) is 4.04. The minimum Gasteiger partial charge on any atom is -0.497 e. The molecule has 0 aliphatic carbocycles. The molecule has 2 aromatic heterocycles. The van der Waals surface area contributed by atoms with Crippen molar-refractivity contribution in [1.82, 2.24) is 14.9 Å². The molecule has 1 aromatic carbocycles. The summed E-state index contributed by atoms with van der Waals surface area (Å²) in [5.41, 5.74) is 1.72. The fourth-order valence-corrected chi connectivity index (χ4v) is 2.73. The number of aliphatic hydroxyl groups excluding tert-OH is 1. The molecule has 2 heterocycles. The topological polar surface area (TPSA) is 85.1 Å². The van der Waals surface area contributed by atoms with Crippen LogP contribution in [-0.2, 0) is 0 Å². The quantitative estimate of drug-likeness (QED) is 0.669. The summed E-state index contributed by atoms with van der Waals surface area (Å²) in [5, 5.41) is 17.3. The molecule has 1 atom stereocenters. The Hall–Kier alpha value is -3.06. The van der Waals surface area contributed by atoms with Gasteiger partial charge in [-0.25, -0.2) is 4.52 Å². The van der Waals surface area contributed by atoms with Crippen LogP contribution in [0.25, 0.3) is 5.52 Å². The van der Waals surface area contributed by atoms with E-state index in [9.17, 15) is 9.90 Å². The van der Waals surface area contributed by atoms with Crippen LogP contribution < -0.4 is 14.8 Å². The fraction of sp³-hybridized carbons (Fsp3) is 0.300. The molecular formula is C20H23N3O4. The molecule has 142 valence electrons. The smallest absolute Gasteiger partial charge is 0.255 e. The second-order valence-corrected chi connectivity index (χ2v) is 6.42. The van der Waals surface area contributed by atoms with Gasteiger partial charge in [-0.15, -0.1) is 0 Å². The Balaban J connectivity index is 1.68. The van der Waals surface area contributed by atoms with Gasteiger partial charge in [0.15, 0.2) is 0 Å². The highest BCUT2D eigenvalue weighted by Crippen LogP contribution is 2.21. The van der Waals surface area contributed by atoms with E-state index in [-0.39, 0.29) is 18.6 Å². The lowest BCUT2D eigenvalue weighted by molar-refractivity contribution is 0.0918. The Labute approximate surface area is 157 Å². The fourth-order valence-electron chi connectivity index (χ4n) is 2.73. The summed E-state index contributed by atoms with van der Waals surface area (Å²) >= 11 is 0. The highest BCUT2D eigenvalue weighted by atomic mass is 16.5. The van der Waals surface area contributed by atoms with Crippen molar-refractivity contribution in [3.63, 3.8) is 0 Å². The van der Waals surface area contributed by atoms with E-state index >= 15 is 0 Å². The van der Waals surface area contributed by atoms with Gasteiger partial charge in [0.25, 0.3) is 5.91 Å². The van der Waals surface area contributed by atoms with Gasteiger partial charge in [0, 0.05) is 18.8 Å². The predicted molar refractivity (Wildman–Crippen MR) is 101 cm³/mol. The zero-order valence-electron chi connectivity index (χ0n) is 15.5.